The minimum absolute atomic E-state index is 0.0633. The number of imidazole rings is 1. The van der Waals surface area contributed by atoms with E-state index in [9.17, 15) is 9.18 Å². The number of nitrogens with one attached hydrogen (secondary N) is 1. The number of halogens is 2. The van der Waals surface area contributed by atoms with E-state index in [1.165, 1.54) is 17.4 Å². The predicted octanol–water partition coefficient (Wildman–Crippen LogP) is 5.67. The summed E-state index contributed by atoms with van der Waals surface area (Å²) in [5, 5.41) is 6.39. The molecule has 0 radical (unpaired) electrons. The van der Waals surface area contributed by atoms with Gasteiger partial charge in [-0.1, -0.05) is 29.8 Å². The molecule has 1 amide bonds. The zero-order valence-electron chi connectivity index (χ0n) is 16.2. The summed E-state index contributed by atoms with van der Waals surface area (Å²) in [6.45, 7) is 0.520. The molecule has 5 aromatic rings. The lowest BCUT2D eigenvalue weighted by Crippen LogP contribution is -2.15. The van der Waals surface area contributed by atoms with Gasteiger partial charge in [-0.05, 0) is 35.4 Å². The van der Waals surface area contributed by atoms with Crippen molar-refractivity contribution in [3.63, 3.8) is 0 Å². The standard InChI is InChI=1S/C23H16ClFN4OS/c24-22-21(29-7-8-31-23(29)27-22)15-10-19(30)26-17-5-2-6-18-20(17)16(15)12-28(18)11-13-3-1-4-14(25)9-13/h1-9,12,15H,10-11H2,(H,26,30)/t15-/m1/s1. The molecule has 1 atom stereocenters. The molecule has 8 heteroatoms. The molecule has 0 saturated heterocycles. The molecule has 2 aromatic carbocycles. The lowest BCUT2D eigenvalue weighted by molar-refractivity contribution is -0.116. The number of thiazole rings is 1. The fourth-order valence-electron chi connectivity index (χ4n) is 4.55. The van der Waals surface area contributed by atoms with Crippen molar-refractivity contribution >= 4 is 50.4 Å². The van der Waals surface area contributed by atoms with Crippen LogP contribution in [0.1, 0.15) is 29.2 Å². The molecule has 1 aliphatic rings. The average molecular weight is 451 g/mol. The van der Waals surface area contributed by atoms with Gasteiger partial charge in [0.2, 0.25) is 5.91 Å². The van der Waals surface area contributed by atoms with Gasteiger partial charge in [0, 0.05) is 42.0 Å². The van der Waals surface area contributed by atoms with Crippen LogP contribution in [0.15, 0.2) is 60.2 Å². The molecule has 4 heterocycles. The zero-order chi connectivity index (χ0) is 21.1. The second-order valence-corrected chi connectivity index (χ2v) is 8.92. The monoisotopic (exact) mass is 450 g/mol. The molecule has 0 saturated carbocycles. The van der Waals surface area contributed by atoms with Crippen molar-refractivity contribution in [2.45, 2.75) is 18.9 Å². The number of hydrogen-bond donors (Lipinski definition) is 1. The van der Waals surface area contributed by atoms with E-state index >= 15 is 0 Å². The Morgan fingerprint density at radius 3 is 3.00 bits per heavy atom. The molecule has 1 N–H and O–H groups in total. The topological polar surface area (TPSA) is 51.3 Å². The van der Waals surface area contributed by atoms with Crippen molar-refractivity contribution in [3.8, 4) is 0 Å². The van der Waals surface area contributed by atoms with E-state index in [2.05, 4.69) is 21.1 Å². The Morgan fingerprint density at radius 2 is 2.13 bits per heavy atom. The van der Waals surface area contributed by atoms with Crippen molar-refractivity contribution < 1.29 is 9.18 Å². The van der Waals surface area contributed by atoms with E-state index in [0.717, 1.165) is 38.4 Å². The fourth-order valence-corrected chi connectivity index (χ4v) is 5.62. The molecule has 0 spiro atoms. The molecular formula is C23H16ClFN4OS. The Hall–Kier alpha value is -3.16. The maximum Gasteiger partial charge on any atom is 0.225 e. The SMILES string of the molecule is O=C1C[C@@H](c2c(Cl)nc3sccn23)c2cn(Cc3cccc(F)c3)c3cccc(c23)N1. The Morgan fingerprint density at radius 1 is 1.26 bits per heavy atom. The summed E-state index contributed by atoms with van der Waals surface area (Å²) < 4.78 is 17.8. The largest absolute Gasteiger partial charge is 0.343 e. The Kier molecular flexibility index (Phi) is 4.16. The maximum absolute atomic E-state index is 13.8. The van der Waals surface area contributed by atoms with Crippen molar-refractivity contribution in [2.75, 3.05) is 5.32 Å². The molecule has 6 rings (SSSR count). The molecule has 0 unspecified atom stereocenters. The van der Waals surface area contributed by atoms with E-state index in [1.54, 1.807) is 12.1 Å². The van der Waals surface area contributed by atoms with Crippen molar-refractivity contribution in [1.82, 2.24) is 14.0 Å². The van der Waals surface area contributed by atoms with Crippen LogP contribution in [0.5, 0.6) is 0 Å². The third-order valence-electron chi connectivity index (χ3n) is 5.80. The van der Waals surface area contributed by atoms with Crippen LogP contribution in [-0.2, 0) is 11.3 Å². The molecule has 0 fully saturated rings. The van der Waals surface area contributed by atoms with Gasteiger partial charge in [0.1, 0.15) is 5.82 Å². The minimum atomic E-state index is -0.257. The summed E-state index contributed by atoms with van der Waals surface area (Å²) in [6, 6.07) is 12.5. The van der Waals surface area contributed by atoms with Crippen LogP contribution in [0.25, 0.3) is 15.9 Å². The number of amides is 1. The number of nitrogens with zero attached hydrogens (tertiary/aromatic N) is 3. The molecule has 0 bridgehead atoms. The molecular weight excluding hydrogens is 435 g/mol. The van der Waals surface area contributed by atoms with E-state index < -0.39 is 0 Å². The highest BCUT2D eigenvalue weighted by Crippen LogP contribution is 2.43. The first-order valence-electron chi connectivity index (χ1n) is 9.85. The third-order valence-corrected chi connectivity index (χ3v) is 6.84. The van der Waals surface area contributed by atoms with Crippen LogP contribution in [0.3, 0.4) is 0 Å². The van der Waals surface area contributed by atoms with Crippen LogP contribution >= 0.6 is 22.9 Å². The third kappa shape index (κ3) is 2.96. The fraction of sp³-hybridized carbons (Fsp3) is 0.130. The highest BCUT2D eigenvalue weighted by molar-refractivity contribution is 7.15. The first kappa shape index (κ1) is 18.6. The first-order valence-corrected chi connectivity index (χ1v) is 11.1. The number of aromatic nitrogens is 3. The van der Waals surface area contributed by atoms with Gasteiger partial charge in [0.25, 0.3) is 0 Å². The molecule has 154 valence electrons. The Bertz CT molecular complexity index is 1480. The normalized spacial score (nSPS) is 16.1. The number of fused-ring (bicyclic) bond motifs is 1. The van der Waals surface area contributed by atoms with Crippen LogP contribution in [-0.4, -0.2) is 19.9 Å². The van der Waals surface area contributed by atoms with Gasteiger partial charge in [-0.3, -0.25) is 9.20 Å². The summed E-state index contributed by atoms with van der Waals surface area (Å²) in [6.07, 6.45) is 4.26. The Labute approximate surface area is 185 Å². The van der Waals surface area contributed by atoms with Gasteiger partial charge in [-0.2, -0.15) is 0 Å². The number of carbonyl (C=O) groups excluding carboxylic acids is 1. The zero-order valence-corrected chi connectivity index (χ0v) is 17.8. The predicted molar refractivity (Wildman–Crippen MR) is 121 cm³/mol. The van der Waals surface area contributed by atoms with Crippen molar-refractivity contribution in [2.24, 2.45) is 0 Å². The first-order chi connectivity index (χ1) is 15.1. The number of benzene rings is 2. The quantitative estimate of drug-likeness (QED) is 0.385. The van der Waals surface area contributed by atoms with Crippen LogP contribution in [0, 0.1) is 5.82 Å². The van der Waals surface area contributed by atoms with Crippen molar-refractivity contribution in [3.05, 3.63) is 88.0 Å². The van der Waals surface area contributed by atoms with Crippen molar-refractivity contribution in [1.29, 1.82) is 0 Å². The summed E-state index contributed by atoms with van der Waals surface area (Å²) in [4.78, 5) is 18.0. The minimum Gasteiger partial charge on any atom is -0.343 e. The molecule has 1 aliphatic heterocycles. The summed E-state index contributed by atoms with van der Waals surface area (Å²) in [5.74, 6) is -0.573. The summed E-state index contributed by atoms with van der Waals surface area (Å²) in [5.41, 5.74) is 4.45. The van der Waals surface area contributed by atoms with Crippen LogP contribution in [0.4, 0.5) is 10.1 Å². The second-order valence-electron chi connectivity index (χ2n) is 7.69. The molecule has 31 heavy (non-hydrogen) atoms. The smallest absolute Gasteiger partial charge is 0.225 e. The van der Waals surface area contributed by atoms with Gasteiger partial charge in [0.05, 0.1) is 16.9 Å². The summed E-state index contributed by atoms with van der Waals surface area (Å²) in [7, 11) is 0. The summed E-state index contributed by atoms with van der Waals surface area (Å²) >= 11 is 8.06. The van der Waals surface area contributed by atoms with E-state index in [-0.39, 0.29) is 24.1 Å². The highest BCUT2D eigenvalue weighted by Gasteiger charge is 2.32. The molecule has 5 nitrogen and oxygen atoms in total. The van der Waals surface area contributed by atoms with Gasteiger partial charge < -0.3 is 9.88 Å². The lowest BCUT2D eigenvalue weighted by atomic mass is 9.93. The maximum atomic E-state index is 13.8. The number of hydrogen-bond acceptors (Lipinski definition) is 3. The molecule has 0 aliphatic carbocycles. The number of anilines is 1. The highest BCUT2D eigenvalue weighted by atomic mass is 35.5. The second kappa shape index (κ2) is 6.93. The van der Waals surface area contributed by atoms with E-state index in [0.29, 0.717) is 11.7 Å². The molecule has 3 aromatic heterocycles. The van der Waals surface area contributed by atoms with E-state index in [1.807, 2.05) is 40.2 Å². The average Bonchev–Trinajstić information content (AvgIpc) is 3.38. The Balaban J connectivity index is 1.58. The lowest BCUT2D eigenvalue weighted by Gasteiger charge is -2.14. The van der Waals surface area contributed by atoms with Gasteiger partial charge in [-0.15, -0.1) is 11.3 Å². The van der Waals surface area contributed by atoms with Gasteiger partial charge in [0.15, 0.2) is 10.1 Å². The van der Waals surface area contributed by atoms with Crippen LogP contribution < -0.4 is 5.32 Å². The van der Waals surface area contributed by atoms with Crippen LogP contribution in [0.2, 0.25) is 5.15 Å². The number of carbonyl (C=O) groups is 1. The van der Waals surface area contributed by atoms with Gasteiger partial charge >= 0.3 is 0 Å². The number of rotatable bonds is 3. The van der Waals surface area contributed by atoms with Gasteiger partial charge in [-0.25, -0.2) is 9.37 Å². The van der Waals surface area contributed by atoms with E-state index in [4.69, 9.17) is 11.6 Å².